The van der Waals surface area contributed by atoms with Crippen LogP contribution in [-0.4, -0.2) is 36.5 Å². The van der Waals surface area contributed by atoms with Gasteiger partial charge in [-0.2, -0.15) is 0 Å². The number of nitrogens with one attached hydrogen (secondary N) is 1. The number of aliphatic hydroxyl groups is 2. The molecular weight excluding hydrogens is 230 g/mol. The average Bonchev–Trinajstić information content (AvgIpc) is 2.36. The first-order valence-corrected chi connectivity index (χ1v) is 6.40. The predicted octanol–water partition coefficient (Wildman–Crippen LogP) is 1.09. The number of aliphatic hydroxyl groups excluding tert-OH is 2. The molecule has 0 amide bonds. The summed E-state index contributed by atoms with van der Waals surface area (Å²) in [7, 11) is 1.62. The van der Waals surface area contributed by atoms with Crippen molar-refractivity contribution < 1.29 is 14.9 Å². The predicted molar refractivity (Wildman–Crippen MR) is 69.6 cm³/mol. The van der Waals surface area contributed by atoms with Gasteiger partial charge < -0.3 is 20.3 Å². The van der Waals surface area contributed by atoms with Gasteiger partial charge in [-0.25, -0.2) is 0 Å². The molecule has 3 N–H and O–H groups in total. The maximum absolute atomic E-state index is 10.0. The molecule has 1 aliphatic rings. The zero-order chi connectivity index (χ0) is 13.0. The van der Waals surface area contributed by atoms with E-state index in [-0.39, 0.29) is 6.10 Å². The maximum atomic E-state index is 10.0. The third kappa shape index (κ3) is 3.45. The number of hydrogen-bond acceptors (Lipinski definition) is 4. The highest BCUT2D eigenvalue weighted by Crippen LogP contribution is 2.26. The van der Waals surface area contributed by atoms with Crippen molar-refractivity contribution in [2.45, 2.75) is 25.0 Å². The fourth-order valence-corrected chi connectivity index (χ4v) is 2.26. The molecule has 0 aliphatic heterocycles. The number of hydrogen-bond donors (Lipinski definition) is 3. The Morgan fingerprint density at radius 1 is 1.44 bits per heavy atom. The van der Waals surface area contributed by atoms with Crippen LogP contribution in [-0.2, 0) is 0 Å². The van der Waals surface area contributed by atoms with Crippen LogP contribution in [0.15, 0.2) is 24.3 Å². The van der Waals surface area contributed by atoms with Crippen LogP contribution in [0.5, 0.6) is 5.75 Å². The molecule has 0 spiro atoms. The van der Waals surface area contributed by atoms with Crippen LogP contribution in [0.25, 0.3) is 0 Å². The lowest BCUT2D eigenvalue weighted by Gasteiger charge is -2.31. The van der Waals surface area contributed by atoms with E-state index >= 15 is 0 Å². The summed E-state index contributed by atoms with van der Waals surface area (Å²) in [6.07, 6.45) is 1.12. The molecule has 1 saturated carbocycles. The highest BCUT2D eigenvalue weighted by Gasteiger charge is 2.26. The molecular formula is C14H21NO3. The van der Waals surface area contributed by atoms with E-state index in [0.29, 0.717) is 12.5 Å². The van der Waals surface area contributed by atoms with Crippen LogP contribution in [0.3, 0.4) is 0 Å². The van der Waals surface area contributed by atoms with Crippen molar-refractivity contribution in [2.75, 3.05) is 20.2 Å². The fourth-order valence-electron chi connectivity index (χ4n) is 2.26. The Morgan fingerprint density at radius 3 is 2.89 bits per heavy atom. The average molecular weight is 251 g/mol. The summed E-state index contributed by atoms with van der Waals surface area (Å²) < 4.78 is 5.13. The molecule has 1 aromatic carbocycles. The van der Waals surface area contributed by atoms with Crippen LogP contribution < -0.4 is 10.1 Å². The molecule has 1 fully saturated rings. The van der Waals surface area contributed by atoms with Gasteiger partial charge in [0, 0.05) is 6.54 Å². The van der Waals surface area contributed by atoms with Gasteiger partial charge in [-0.1, -0.05) is 12.1 Å². The molecule has 0 radical (unpaired) electrons. The van der Waals surface area contributed by atoms with Crippen molar-refractivity contribution in [3.63, 3.8) is 0 Å². The third-order valence-electron chi connectivity index (χ3n) is 3.46. The molecule has 18 heavy (non-hydrogen) atoms. The van der Waals surface area contributed by atoms with E-state index in [4.69, 9.17) is 4.74 Å². The van der Waals surface area contributed by atoms with Crippen molar-refractivity contribution in [1.29, 1.82) is 0 Å². The first-order valence-electron chi connectivity index (χ1n) is 6.40. The maximum Gasteiger partial charge on any atom is 0.119 e. The minimum Gasteiger partial charge on any atom is -0.497 e. The van der Waals surface area contributed by atoms with Gasteiger partial charge in [0.25, 0.3) is 0 Å². The Morgan fingerprint density at radius 2 is 2.22 bits per heavy atom. The molecule has 4 nitrogen and oxygen atoms in total. The van der Waals surface area contributed by atoms with E-state index in [2.05, 4.69) is 5.32 Å². The summed E-state index contributed by atoms with van der Waals surface area (Å²) in [6.45, 7) is 1.39. The van der Waals surface area contributed by atoms with E-state index in [9.17, 15) is 10.2 Å². The van der Waals surface area contributed by atoms with Crippen molar-refractivity contribution >= 4 is 0 Å². The monoisotopic (exact) mass is 251 g/mol. The minimum atomic E-state index is -0.523. The van der Waals surface area contributed by atoms with Gasteiger partial charge in [-0.15, -0.1) is 0 Å². The summed E-state index contributed by atoms with van der Waals surface area (Å²) in [4.78, 5) is 0. The molecule has 0 bridgehead atoms. The molecule has 0 aromatic heterocycles. The lowest BCUT2D eigenvalue weighted by atomic mass is 9.82. The molecule has 0 heterocycles. The summed E-state index contributed by atoms with van der Waals surface area (Å²) >= 11 is 0. The number of ether oxygens (including phenoxy) is 1. The number of rotatable bonds is 6. The van der Waals surface area contributed by atoms with Gasteiger partial charge >= 0.3 is 0 Å². The van der Waals surface area contributed by atoms with Crippen LogP contribution in [0.4, 0.5) is 0 Å². The first kappa shape index (κ1) is 13.3. The second-order valence-corrected chi connectivity index (χ2v) is 4.94. The molecule has 2 rings (SSSR count). The van der Waals surface area contributed by atoms with Gasteiger partial charge in [-0.05, 0) is 43.0 Å². The Balaban J connectivity index is 1.74. The van der Waals surface area contributed by atoms with Crippen LogP contribution >= 0.6 is 0 Å². The zero-order valence-corrected chi connectivity index (χ0v) is 10.7. The highest BCUT2D eigenvalue weighted by molar-refractivity contribution is 5.29. The van der Waals surface area contributed by atoms with Gasteiger partial charge in [0.05, 0.1) is 19.3 Å². The van der Waals surface area contributed by atoms with Gasteiger partial charge in [0.2, 0.25) is 0 Å². The van der Waals surface area contributed by atoms with E-state index in [1.807, 2.05) is 24.3 Å². The molecule has 1 atom stereocenters. The Hall–Kier alpha value is -1.10. The van der Waals surface area contributed by atoms with E-state index in [1.54, 1.807) is 7.11 Å². The Bertz CT molecular complexity index is 377. The normalized spacial score (nSPS) is 24.4. The largest absolute Gasteiger partial charge is 0.497 e. The smallest absolute Gasteiger partial charge is 0.119 e. The van der Waals surface area contributed by atoms with Gasteiger partial charge in [-0.3, -0.25) is 0 Å². The fraction of sp³-hybridized carbons (Fsp3) is 0.571. The molecule has 100 valence electrons. The van der Waals surface area contributed by atoms with Gasteiger partial charge in [0.1, 0.15) is 5.75 Å². The topological polar surface area (TPSA) is 61.7 Å². The standard InChI is InChI=1S/C14H21NO3/c1-18-13-4-2-3-11(7-13)14(17)9-15-8-10-5-12(16)6-10/h2-4,7,10,12,14-17H,5-6,8-9H2,1H3. The third-order valence-corrected chi connectivity index (χ3v) is 3.46. The van der Waals surface area contributed by atoms with E-state index in [1.165, 1.54) is 0 Å². The molecule has 1 aromatic rings. The molecule has 4 heteroatoms. The quantitative estimate of drug-likeness (QED) is 0.708. The SMILES string of the molecule is COc1cccc(C(O)CNCC2CC(O)C2)c1. The molecule has 1 unspecified atom stereocenters. The molecule has 1 aliphatic carbocycles. The lowest BCUT2D eigenvalue weighted by Crippen LogP contribution is -2.37. The summed E-state index contributed by atoms with van der Waals surface area (Å²) in [5.74, 6) is 1.31. The van der Waals surface area contributed by atoms with Crippen molar-refractivity contribution in [2.24, 2.45) is 5.92 Å². The number of benzene rings is 1. The van der Waals surface area contributed by atoms with Crippen LogP contribution in [0, 0.1) is 5.92 Å². The van der Waals surface area contributed by atoms with Crippen molar-refractivity contribution in [1.82, 2.24) is 5.32 Å². The second kappa shape index (κ2) is 6.18. The zero-order valence-electron chi connectivity index (χ0n) is 10.7. The van der Waals surface area contributed by atoms with Crippen LogP contribution in [0.2, 0.25) is 0 Å². The lowest BCUT2D eigenvalue weighted by molar-refractivity contribution is 0.0415. The van der Waals surface area contributed by atoms with Crippen molar-refractivity contribution in [3.05, 3.63) is 29.8 Å². The minimum absolute atomic E-state index is 0.111. The van der Waals surface area contributed by atoms with Gasteiger partial charge in [0.15, 0.2) is 0 Å². The highest BCUT2D eigenvalue weighted by atomic mass is 16.5. The Kier molecular flexibility index (Phi) is 4.58. The number of methoxy groups -OCH3 is 1. The van der Waals surface area contributed by atoms with Crippen molar-refractivity contribution in [3.8, 4) is 5.75 Å². The summed E-state index contributed by atoms with van der Waals surface area (Å²) in [6, 6.07) is 7.47. The van der Waals surface area contributed by atoms with E-state index in [0.717, 1.165) is 30.7 Å². The first-order chi connectivity index (χ1) is 8.69. The van der Waals surface area contributed by atoms with E-state index < -0.39 is 6.10 Å². The summed E-state index contributed by atoms with van der Waals surface area (Å²) in [5, 5.41) is 22.4. The summed E-state index contributed by atoms with van der Waals surface area (Å²) in [5.41, 5.74) is 0.857. The van der Waals surface area contributed by atoms with Crippen LogP contribution in [0.1, 0.15) is 24.5 Å². The Labute approximate surface area is 108 Å². The molecule has 0 saturated heterocycles. The second-order valence-electron chi connectivity index (χ2n) is 4.94.